The van der Waals surface area contributed by atoms with E-state index in [0.29, 0.717) is 6.07 Å². The fourth-order valence-corrected chi connectivity index (χ4v) is 1.57. The number of nitrogens with one attached hydrogen (secondary N) is 2. The van der Waals surface area contributed by atoms with E-state index in [9.17, 15) is 31.1 Å². The largest absolute Gasteiger partial charge is 0.417 e. The van der Waals surface area contributed by atoms with E-state index in [4.69, 9.17) is 5.26 Å². The molecule has 0 saturated carbocycles. The number of hydrogen-bond acceptors (Lipinski definition) is 3. The smallest absolute Gasteiger partial charge is 0.325 e. The highest BCUT2D eigenvalue weighted by Gasteiger charge is 2.34. The van der Waals surface area contributed by atoms with Gasteiger partial charge >= 0.3 is 12.4 Å². The van der Waals surface area contributed by atoms with Gasteiger partial charge < -0.3 is 5.32 Å². The molecule has 1 atom stereocenters. The monoisotopic (exact) mass is 339 g/mol. The molecule has 4 nitrogen and oxygen atoms in total. The lowest BCUT2D eigenvalue weighted by atomic mass is 10.1. The number of halogens is 6. The van der Waals surface area contributed by atoms with Crippen LogP contribution in [0, 0.1) is 11.3 Å². The number of carbonyl (C=O) groups is 1. The molecule has 1 aromatic carbocycles. The molecule has 0 saturated heterocycles. The van der Waals surface area contributed by atoms with Gasteiger partial charge in [0.15, 0.2) is 0 Å². The molecule has 0 aliphatic carbocycles. The average molecular weight is 339 g/mol. The lowest BCUT2D eigenvalue weighted by molar-refractivity contribution is -0.138. The number of nitrogens with zero attached hydrogens (tertiary/aromatic N) is 1. The van der Waals surface area contributed by atoms with Gasteiger partial charge in [0.2, 0.25) is 5.91 Å². The third kappa shape index (κ3) is 5.78. The van der Waals surface area contributed by atoms with Crippen molar-refractivity contribution >= 4 is 11.6 Å². The molecule has 1 aromatic rings. The summed E-state index contributed by atoms with van der Waals surface area (Å²) in [6.07, 6.45) is -9.32. The molecular formula is C13H11F6N3O. The first-order valence-corrected chi connectivity index (χ1v) is 6.16. The Bertz CT molecular complexity index is 618. The number of anilines is 1. The summed E-state index contributed by atoms with van der Waals surface area (Å²) < 4.78 is 74.4. The molecule has 1 amide bonds. The van der Waals surface area contributed by atoms with Gasteiger partial charge in [-0.05, 0) is 25.1 Å². The standard InChI is InChI=1S/C13H11F6N3O/c1-7(21-6-12(14,15)16)11(23)22-9-3-2-8(5-20)10(4-9)13(17,18)19/h2-4,7,21H,6H2,1H3,(H,22,23)/t7-/m0/s1. The van der Waals surface area contributed by atoms with Gasteiger partial charge in [0.25, 0.3) is 0 Å². The Hall–Kier alpha value is -2.28. The van der Waals surface area contributed by atoms with Crippen molar-refractivity contribution in [3.8, 4) is 6.07 Å². The molecule has 0 spiro atoms. The number of nitriles is 1. The summed E-state index contributed by atoms with van der Waals surface area (Å²) in [5.41, 5.74) is -2.14. The van der Waals surface area contributed by atoms with Crippen LogP contribution in [0.2, 0.25) is 0 Å². The number of alkyl halides is 6. The molecule has 23 heavy (non-hydrogen) atoms. The van der Waals surface area contributed by atoms with Crippen molar-refractivity contribution in [2.75, 3.05) is 11.9 Å². The minimum atomic E-state index is -4.80. The Morgan fingerprint density at radius 2 is 1.87 bits per heavy atom. The fraction of sp³-hybridized carbons (Fsp3) is 0.385. The summed E-state index contributed by atoms with van der Waals surface area (Å²) in [5.74, 6) is -0.938. The maximum atomic E-state index is 12.8. The number of hydrogen-bond donors (Lipinski definition) is 2. The van der Waals surface area contributed by atoms with E-state index >= 15 is 0 Å². The van der Waals surface area contributed by atoms with Crippen LogP contribution < -0.4 is 10.6 Å². The molecule has 0 bridgehead atoms. The van der Waals surface area contributed by atoms with Crippen LogP contribution in [0.25, 0.3) is 0 Å². The molecular weight excluding hydrogens is 328 g/mol. The average Bonchev–Trinajstić information content (AvgIpc) is 2.42. The van der Waals surface area contributed by atoms with Crippen molar-refractivity contribution in [3.05, 3.63) is 29.3 Å². The van der Waals surface area contributed by atoms with E-state index in [0.717, 1.165) is 19.1 Å². The summed E-state index contributed by atoms with van der Waals surface area (Å²) in [4.78, 5) is 11.7. The van der Waals surface area contributed by atoms with E-state index in [1.54, 1.807) is 0 Å². The molecule has 0 aromatic heterocycles. The Morgan fingerprint density at radius 1 is 1.26 bits per heavy atom. The van der Waals surface area contributed by atoms with Gasteiger partial charge in [-0.3, -0.25) is 10.1 Å². The van der Waals surface area contributed by atoms with E-state index in [-0.39, 0.29) is 5.69 Å². The fourth-order valence-electron chi connectivity index (χ4n) is 1.57. The third-order valence-electron chi connectivity index (χ3n) is 2.71. The van der Waals surface area contributed by atoms with Gasteiger partial charge in [0.1, 0.15) is 0 Å². The van der Waals surface area contributed by atoms with Crippen LogP contribution in [0.5, 0.6) is 0 Å². The molecule has 10 heteroatoms. The van der Waals surface area contributed by atoms with Crippen LogP contribution in [-0.4, -0.2) is 24.7 Å². The lowest BCUT2D eigenvalue weighted by Gasteiger charge is -2.16. The summed E-state index contributed by atoms with van der Waals surface area (Å²) in [7, 11) is 0. The van der Waals surface area contributed by atoms with Crippen LogP contribution in [0.3, 0.4) is 0 Å². The molecule has 1 rings (SSSR count). The first-order chi connectivity index (χ1) is 10.4. The van der Waals surface area contributed by atoms with Crippen molar-refractivity contribution in [3.63, 3.8) is 0 Å². The summed E-state index contributed by atoms with van der Waals surface area (Å²) in [5, 5.41) is 12.6. The summed E-state index contributed by atoms with van der Waals surface area (Å²) in [6, 6.07) is 2.57. The molecule has 0 aliphatic heterocycles. The van der Waals surface area contributed by atoms with Crippen molar-refractivity contribution in [2.24, 2.45) is 0 Å². The Kier molecular flexibility index (Phi) is 5.60. The quantitative estimate of drug-likeness (QED) is 0.829. The topological polar surface area (TPSA) is 64.9 Å². The lowest BCUT2D eigenvalue weighted by Crippen LogP contribution is -2.42. The van der Waals surface area contributed by atoms with Gasteiger partial charge in [0.05, 0.1) is 29.8 Å². The molecule has 0 aliphatic rings. The van der Waals surface area contributed by atoms with Crippen LogP contribution in [0.1, 0.15) is 18.1 Å². The normalized spacial score (nSPS) is 13.3. The second-order valence-corrected chi connectivity index (χ2v) is 4.58. The number of benzene rings is 1. The predicted molar refractivity (Wildman–Crippen MR) is 68.3 cm³/mol. The Labute approximate surface area is 127 Å². The molecule has 2 N–H and O–H groups in total. The maximum Gasteiger partial charge on any atom is 0.417 e. The van der Waals surface area contributed by atoms with Gasteiger partial charge in [0, 0.05) is 5.69 Å². The zero-order valence-corrected chi connectivity index (χ0v) is 11.6. The first-order valence-electron chi connectivity index (χ1n) is 6.16. The van der Waals surface area contributed by atoms with Crippen LogP contribution >= 0.6 is 0 Å². The first kappa shape index (κ1) is 18.8. The molecule has 0 unspecified atom stereocenters. The van der Waals surface area contributed by atoms with Gasteiger partial charge in [-0.2, -0.15) is 31.6 Å². The molecule has 0 fully saturated rings. The zero-order chi connectivity index (χ0) is 17.8. The second-order valence-electron chi connectivity index (χ2n) is 4.58. The van der Waals surface area contributed by atoms with Crippen molar-refractivity contribution in [1.29, 1.82) is 5.26 Å². The predicted octanol–water partition coefficient (Wildman–Crippen LogP) is 3.06. The SMILES string of the molecule is C[C@H](NCC(F)(F)F)C(=O)Nc1ccc(C#N)c(C(F)(F)F)c1. The van der Waals surface area contributed by atoms with Crippen LogP contribution in [0.15, 0.2) is 18.2 Å². The van der Waals surface area contributed by atoms with Gasteiger partial charge in [-0.1, -0.05) is 0 Å². The minimum absolute atomic E-state index is 0.276. The van der Waals surface area contributed by atoms with E-state index in [1.807, 2.05) is 5.32 Å². The molecule has 0 radical (unpaired) electrons. The molecule has 0 heterocycles. The summed E-state index contributed by atoms with van der Waals surface area (Å²) in [6.45, 7) is -0.280. The number of amides is 1. The maximum absolute atomic E-state index is 12.8. The highest BCUT2D eigenvalue weighted by molar-refractivity contribution is 5.94. The highest BCUT2D eigenvalue weighted by Crippen LogP contribution is 2.33. The van der Waals surface area contributed by atoms with Crippen molar-refractivity contribution in [1.82, 2.24) is 5.32 Å². The number of rotatable bonds is 4. The number of carbonyl (C=O) groups excluding carboxylic acids is 1. The van der Waals surface area contributed by atoms with Crippen LogP contribution in [0.4, 0.5) is 32.0 Å². The summed E-state index contributed by atoms with van der Waals surface area (Å²) >= 11 is 0. The second kappa shape index (κ2) is 6.87. The van der Waals surface area contributed by atoms with Gasteiger partial charge in [-0.25, -0.2) is 0 Å². The Balaban J connectivity index is 2.85. The molecule has 126 valence electrons. The van der Waals surface area contributed by atoms with Crippen molar-refractivity contribution < 1.29 is 31.1 Å². The van der Waals surface area contributed by atoms with E-state index in [1.165, 1.54) is 6.07 Å². The van der Waals surface area contributed by atoms with E-state index < -0.39 is 42.0 Å². The van der Waals surface area contributed by atoms with Crippen molar-refractivity contribution in [2.45, 2.75) is 25.3 Å². The Morgan fingerprint density at radius 3 is 2.35 bits per heavy atom. The zero-order valence-electron chi connectivity index (χ0n) is 11.6. The van der Waals surface area contributed by atoms with Crippen LogP contribution in [-0.2, 0) is 11.0 Å². The van der Waals surface area contributed by atoms with Gasteiger partial charge in [-0.15, -0.1) is 0 Å². The van der Waals surface area contributed by atoms with E-state index in [2.05, 4.69) is 5.32 Å². The highest BCUT2D eigenvalue weighted by atomic mass is 19.4. The minimum Gasteiger partial charge on any atom is -0.325 e. The third-order valence-corrected chi connectivity index (χ3v) is 2.71.